The van der Waals surface area contributed by atoms with Gasteiger partial charge in [0.25, 0.3) is 5.91 Å². The first-order valence-electron chi connectivity index (χ1n) is 12.0. The summed E-state index contributed by atoms with van der Waals surface area (Å²) >= 11 is 0. The lowest BCUT2D eigenvalue weighted by Crippen LogP contribution is -2.38. The molecule has 1 atom stereocenters. The molecule has 5 rings (SSSR count). The fourth-order valence-electron chi connectivity index (χ4n) is 4.90. The van der Waals surface area contributed by atoms with Gasteiger partial charge in [-0.3, -0.25) is 4.79 Å². The summed E-state index contributed by atoms with van der Waals surface area (Å²) in [4.78, 5) is 28.5. The third-order valence-electron chi connectivity index (χ3n) is 6.49. The van der Waals surface area contributed by atoms with Crippen molar-refractivity contribution in [1.29, 1.82) is 0 Å². The zero-order chi connectivity index (χ0) is 24.4. The van der Waals surface area contributed by atoms with Gasteiger partial charge in [-0.05, 0) is 49.6 Å². The summed E-state index contributed by atoms with van der Waals surface area (Å²) in [5.41, 5.74) is 2.88. The summed E-state index contributed by atoms with van der Waals surface area (Å²) in [7, 11) is 1.67. The van der Waals surface area contributed by atoms with Crippen molar-refractivity contribution in [2.75, 3.05) is 20.3 Å². The fraction of sp³-hybridized carbons (Fsp3) is 0.385. The van der Waals surface area contributed by atoms with Crippen LogP contribution in [0.1, 0.15) is 42.4 Å². The van der Waals surface area contributed by atoms with Crippen molar-refractivity contribution in [3.05, 3.63) is 66.1 Å². The van der Waals surface area contributed by atoms with E-state index in [1.54, 1.807) is 25.4 Å². The number of fused-ring (bicyclic) bond motifs is 1. The van der Waals surface area contributed by atoms with Crippen LogP contribution >= 0.6 is 0 Å². The summed E-state index contributed by atoms with van der Waals surface area (Å²) in [6.45, 7) is 4.67. The summed E-state index contributed by atoms with van der Waals surface area (Å²) in [5, 5.41) is 0. The van der Waals surface area contributed by atoms with Crippen molar-refractivity contribution < 1.29 is 13.9 Å². The molecular weight excluding hydrogens is 447 g/mol. The number of amides is 1. The highest BCUT2D eigenvalue weighted by Crippen LogP contribution is 2.25. The van der Waals surface area contributed by atoms with E-state index in [0.717, 1.165) is 49.2 Å². The fourth-order valence-corrected chi connectivity index (χ4v) is 4.90. The van der Waals surface area contributed by atoms with Gasteiger partial charge in [0, 0.05) is 38.2 Å². The van der Waals surface area contributed by atoms with Crippen molar-refractivity contribution in [1.82, 2.24) is 29.0 Å². The number of methoxy groups -OCH3 is 1. The Hall–Kier alpha value is -3.59. The number of benzene rings is 1. The topological polar surface area (TPSA) is 78.1 Å². The molecule has 8 nitrogen and oxygen atoms in total. The van der Waals surface area contributed by atoms with E-state index in [-0.39, 0.29) is 11.9 Å². The molecular formula is C26H29FN6O2. The Labute approximate surface area is 203 Å². The molecule has 182 valence electrons. The molecule has 0 bridgehead atoms. The van der Waals surface area contributed by atoms with E-state index in [0.29, 0.717) is 30.2 Å². The van der Waals surface area contributed by atoms with Gasteiger partial charge in [-0.1, -0.05) is 13.0 Å². The minimum atomic E-state index is -0.543. The van der Waals surface area contributed by atoms with Crippen LogP contribution in [0.15, 0.2) is 48.8 Å². The molecule has 1 aliphatic rings. The predicted octanol–water partition coefficient (Wildman–Crippen LogP) is 4.14. The first kappa shape index (κ1) is 23.2. The molecule has 0 spiro atoms. The molecule has 0 radical (unpaired) electrons. The molecule has 1 aromatic carbocycles. The second kappa shape index (κ2) is 9.95. The lowest BCUT2D eigenvalue weighted by Gasteiger charge is -2.24. The molecule has 1 amide bonds. The Morgan fingerprint density at radius 1 is 1.23 bits per heavy atom. The number of hydrogen-bond donors (Lipinski definition) is 0. The quantitative estimate of drug-likeness (QED) is 0.357. The SMILES string of the molecule is CCCn1c(Cn2ccnc2-c2cccc(F)n2)nc2cc(C(=O)N3CCC[C@H]3COC)ccc21. The average molecular weight is 477 g/mol. The Balaban J connectivity index is 1.48. The van der Waals surface area contributed by atoms with Gasteiger partial charge < -0.3 is 18.8 Å². The molecule has 0 unspecified atom stereocenters. The summed E-state index contributed by atoms with van der Waals surface area (Å²) in [6, 6.07) is 10.6. The van der Waals surface area contributed by atoms with E-state index in [2.05, 4.69) is 21.5 Å². The minimum Gasteiger partial charge on any atom is -0.383 e. The number of likely N-dealkylation sites (tertiary alicyclic amines) is 1. The van der Waals surface area contributed by atoms with Crippen LogP contribution in [-0.2, 0) is 17.8 Å². The number of rotatable bonds is 8. The summed E-state index contributed by atoms with van der Waals surface area (Å²) in [5.74, 6) is 0.902. The van der Waals surface area contributed by atoms with Crippen molar-refractivity contribution >= 4 is 16.9 Å². The zero-order valence-corrected chi connectivity index (χ0v) is 20.0. The maximum Gasteiger partial charge on any atom is 0.254 e. The molecule has 1 aliphatic heterocycles. The second-order valence-corrected chi connectivity index (χ2v) is 8.86. The normalized spacial score (nSPS) is 15.9. The Morgan fingerprint density at radius 2 is 2.11 bits per heavy atom. The van der Waals surface area contributed by atoms with Crippen LogP contribution in [0.5, 0.6) is 0 Å². The number of nitrogens with zero attached hydrogens (tertiary/aromatic N) is 6. The molecule has 9 heteroatoms. The Bertz CT molecular complexity index is 1350. The lowest BCUT2D eigenvalue weighted by atomic mass is 10.1. The first-order valence-corrected chi connectivity index (χ1v) is 12.0. The van der Waals surface area contributed by atoms with Crippen LogP contribution < -0.4 is 0 Å². The van der Waals surface area contributed by atoms with E-state index >= 15 is 0 Å². The number of pyridine rings is 1. The van der Waals surface area contributed by atoms with Gasteiger partial charge in [0.05, 0.1) is 30.2 Å². The molecule has 4 heterocycles. The number of aryl methyl sites for hydroxylation is 1. The van der Waals surface area contributed by atoms with E-state index < -0.39 is 5.95 Å². The number of hydrogen-bond acceptors (Lipinski definition) is 5. The van der Waals surface area contributed by atoms with Crippen LogP contribution in [0.25, 0.3) is 22.6 Å². The molecule has 1 fully saturated rings. The standard InChI is InChI=1S/C26H29FN6O2/c1-3-12-33-22-10-9-18(26(34)32-13-5-6-19(32)17-35-2)15-21(22)30-24(33)16-31-14-11-28-25(31)20-7-4-8-23(27)29-20/h4,7-11,14-15,19H,3,5-6,12-13,16-17H2,1-2H3/t19-/m0/s1. The number of carbonyl (C=O) groups excluding carboxylic acids is 1. The van der Waals surface area contributed by atoms with E-state index in [9.17, 15) is 9.18 Å². The maximum atomic E-state index is 13.7. The van der Waals surface area contributed by atoms with E-state index in [4.69, 9.17) is 9.72 Å². The first-order chi connectivity index (χ1) is 17.1. The van der Waals surface area contributed by atoms with Crippen molar-refractivity contribution in [3.8, 4) is 11.5 Å². The summed E-state index contributed by atoms with van der Waals surface area (Å²) in [6.07, 6.45) is 6.41. The molecule has 3 aromatic heterocycles. The molecule has 4 aromatic rings. The highest BCUT2D eigenvalue weighted by Gasteiger charge is 2.29. The Kier molecular flexibility index (Phi) is 6.59. The van der Waals surface area contributed by atoms with Gasteiger partial charge in [0.1, 0.15) is 11.5 Å². The second-order valence-electron chi connectivity index (χ2n) is 8.86. The monoisotopic (exact) mass is 476 g/mol. The average Bonchev–Trinajstić information content (AvgIpc) is 3.59. The van der Waals surface area contributed by atoms with Crippen LogP contribution in [0.4, 0.5) is 4.39 Å². The summed E-state index contributed by atoms with van der Waals surface area (Å²) < 4.78 is 23.1. The van der Waals surface area contributed by atoms with Crippen molar-refractivity contribution in [2.45, 2.75) is 45.3 Å². The van der Waals surface area contributed by atoms with Gasteiger partial charge in [-0.25, -0.2) is 15.0 Å². The lowest BCUT2D eigenvalue weighted by molar-refractivity contribution is 0.0631. The van der Waals surface area contributed by atoms with Gasteiger partial charge >= 0.3 is 0 Å². The van der Waals surface area contributed by atoms with Gasteiger partial charge in [0.2, 0.25) is 5.95 Å². The third kappa shape index (κ3) is 4.55. The number of halogens is 1. The number of imidazole rings is 2. The van der Waals surface area contributed by atoms with Crippen molar-refractivity contribution in [2.24, 2.45) is 0 Å². The van der Waals surface area contributed by atoms with E-state index in [1.165, 1.54) is 6.07 Å². The van der Waals surface area contributed by atoms with Gasteiger partial charge in [-0.15, -0.1) is 0 Å². The Morgan fingerprint density at radius 3 is 2.91 bits per heavy atom. The van der Waals surface area contributed by atoms with Gasteiger partial charge in [0.15, 0.2) is 5.82 Å². The molecule has 0 N–H and O–H groups in total. The molecule has 0 saturated carbocycles. The minimum absolute atomic E-state index is 0.0205. The molecule has 1 saturated heterocycles. The van der Waals surface area contributed by atoms with Crippen LogP contribution in [-0.4, -0.2) is 61.2 Å². The third-order valence-corrected chi connectivity index (χ3v) is 6.49. The number of carbonyl (C=O) groups is 1. The van der Waals surface area contributed by atoms with E-state index in [1.807, 2.05) is 33.9 Å². The van der Waals surface area contributed by atoms with Gasteiger partial charge in [-0.2, -0.15) is 4.39 Å². The molecule has 0 aliphatic carbocycles. The zero-order valence-electron chi connectivity index (χ0n) is 20.0. The predicted molar refractivity (Wildman–Crippen MR) is 130 cm³/mol. The van der Waals surface area contributed by atoms with Crippen LogP contribution in [0.2, 0.25) is 0 Å². The van der Waals surface area contributed by atoms with Crippen LogP contribution in [0, 0.1) is 5.95 Å². The largest absolute Gasteiger partial charge is 0.383 e. The van der Waals surface area contributed by atoms with Crippen LogP contribution in [0.3, 0.4) is 0 Å². The molecule has 35 heavy (non-hydrogen) atoms. The number of aromatic nitrogens is 5. The number of ether oxygens (including phenoxy) is 1. The maximum absolute atomic E-state index is 13.7. The highest BCUT2D eigenvalue weighted by molar-refractivity contribution is 5.97. The highest BCUT2D eigenvalue weighted by atomic mass is 19.1. The van der Waals surface area contributed by atoms with Crippen molar-refractivity contribution in [3.63, 3.8) is 0 Å². The smallest absolute Gasteiger partial charge is 0.254 e.